The first-order chi connectivity index (χ1) is 7.16. The molecule has 0 spiro atoms. The first-order valence-corrected chi connectivity index (χ1v) is 5.18. The highest BCUT2D eigenvalue weighted by Gasteiger charge is 2.06. The summed E-state index contributed by atoms with van der Waals surface area (Å²) in [5.41, 5.74) is 2.97. The van der Waals surface area contributed by atoms with E-state index in [4.69, 9.17) is 23.2 Å². The molecule has 0 bridgehead atoms. The summed E-state index contributed by atoms with van der Waals surface area (Å²) in [7, 11) is 0. The van der Waals surface area contributed by atoms with Crippen LogP contribution in [-0.4, -0.2) is 10.2 Å². The Labute approximate surface area is 97.9 Å². The molecule has 0 aliphatic carbocycles. The van der Waals surface area contributed by atoms with E-state index in [0.29, 0.717) is 10.3 Å². The van der Waals surface area contributed by atoms with Crippen LogP contribution in [0.3, 0.4) is 0 Å². The predicted molar refractivity (Wildman–Crippen MR) is 62.2 cm³/mol. The largest absolute Gasteiger partial charge is 0.159 e. The standard InChI is InChI=1S/C11H8Cl2N2/c1-7-3-2-4-8(5-7)9-6-10(12)14-15-11(9)13/h2-6H,1H3. The Morgan fingerprint density at radius 2 is 1.87 bits per heavy atom. The quantitative estimate of drug-likeness (QED) is 0.757. The van der Waals surface area contributed by atoms with Gasteiger partial charge in [-0.3, -0.25) is 0 Å². The molecule has 1 aromatic heterocycles. The van der Waals surface area contributed by atoms with Crippen molar-refractivity contribution >= 4 is 23.2 Å². The number of benzene rings is 1. The third kappa shape index (κ3) is 2.28. The Morgan fingerprint density at radius 3 is 2.60 bits per heavy atom. The van der Waals surface area contributed by atoms with Crippen molar-refractivity contribution in [1.82, 2.24) is 10.2 Å². The maximum absolute atomic E-state index is 5.95. The van der Waals surface area contributed by atoms with Gasteiger partial charge in [-0.05, 0) is 18.6 Å². The maximum Gasteiger partial charge on any atom is 0.159 e. The van der Waals surface area contributed by atoms with E-state index in [1.165, 1.54) is 0 Å². The fourth-order valence-electron chi connectivity index (χ4n) is 1.37. The summed E-state index contributed by atoms with van der Waals surface area (Å²) < 4.78 is 0. The zero-order valence-electron chi connectivity index (χ0n) is 8.04. The van der Waals surface area contributed by atoms with E-state index in [-0.39, 0.29) is 0 Å². The second-order valence-corrected chi connectivity index (χ2v) is 3.99. The van der Waals surface area contributed by atoms with E-state index < -0.39 is 0 Å². The zero-order valence-corrected chi connectivity index (χ0v) is 9.55. The van der Waals surface area contributed by atoms with E-state index in [1.807, 2.05) is 31.2 Å². The van der Waals surface area contributed by atoms with Gasteiger partial charge in [-0.1, -0.05) is 53.0 Å². The maximum atomic E-state index is 5.95. The molecule has 0 unspecified atom stereocenters. The lowest BCUT2D eigenvalue weighted by molar-refractivity contribution is 1.03. The second kappa shape index (κ2) is 4.17. The second-order valence-electron chi connectivity index (χ2n) is 3.24. The molecule has 0 aliphatic rings. The van der Waals surface area contributed by atoms with Crippen molar-refractivity contribution in [2.45, 2.75) is 6.92 Å². The van der Waals surface area contributed by atoms with Crippen LogP contribution in [0.2, 0.25) is 10.3 Å². The van der Waals surface area contributed by atoms with Gasteiger partial charge in [0.25, 0.3) is 0 Å². The summed E-state index contributed by atoms with van der Waals surface area (Å²) in [6.45, 7) is 2.02. The van der Waals surface area contributed by atoms with Crippen molar-refractivity contribution in [3.63, 3.8) is 0 Å². The van der Waals surface area contributed by atoms with Crippen LogP contribution in [0.5, 0.6) is 0 Å². The van der Waals surface area contributed by atoms with Crippen molar-refractivity contribution in [2.75, 3.05) is 0 Å². The van der Waals surface area contributed by atoms with Crippen LogP contribution < -0.4 is 0 Å². The third-order valence-electron chi connectivity index (χ3n) is 2.05. The molecule has 76 valence electrons. The third-order valence-corrected chi connectivity index (χ3v) is 2.51. The summed E-state index contributed by atoms with van der Waals surface area (Å²) in [4.78, 5) is 0. The van der Waals surface area contributed by atoms with Gasteiger partial charge in [0.2, 0.25) is 0 Å². The minimum atomic E-state index is 0.343. The molecule has 0 amide bonds. The molecule has 2 aromatic rings. The Morgan fingerprint density at radius 1 is 1.07 bits per heavy atom. The lowest BCUT2D eigenvalue weighted by Gasteiger charge is -2.04. The monoisotopic (exact) mass is 238 g/mol. The first kappa shape index (κ1) is 10.4. The van der Waals surface area contributed by atoms with Gasteiger partial charge in [-0.15, -0.1) is 10.2 Å². The van der Waals surface area contributed by atoms with Crippen molar-refractivity contribution in [3.8, 4) is 11.1 Å². The average Bonchev–Trinajstić information content (AvgIpc) is 2.22. The highest BCUT2D eigenvalue weighted by Crippen LogP contribution is 2.27. The van der Waals surface area contributed by atoms with Gasteiger partial charge in [0.1, 0.15) is 0 Å². The normalized spacial score (nSPS) is 10.3. The van der Waals surface area contributed by atoms with Gasteiger partial charge < -0.3 is 0 Å². The van der Waals surface area contributed by atoms with Gasteiger partial charge in [0.15, 0.2) is 10.3 Å². The SMILES string of the molecule is Cc1cccc(-c2cc(Cl)nnc2Cl)c1. The summed E-state index contributed by atoms with van der Waals surface area (Å²) in [6, 6.07) is 9.69. The number of rotatable bonds is 1. The Bertz CT molecular complexity index is 498. The Balaban J connectivity index is 2.58. The molecule has 2 nitrogen and oxygen atoms in total. The molecule has 1 aromatic carbocycles. The van der Waals surface area contributed by atoms with E-state index in [2.05, 4.69) is 10.2 Å². The lowest BCUT2D eigenvalue weighted by Crippen LogP contribution is -1.88. The van der Waals surface area contributed by atoms with Gasteiger partial charge in [0, 0.05) is 5.56 Å². The van der Waals surface area contributed by atoms with E-state index in [9.17, 15) is 0 Å². The van der Waals surface area contributed by atoms with Crippen molar-refractivity contribution < 1.29 is 0 Å². The van der Waals surface area contributed by atoms with Crippen molar-refractivity contribution in [1.29, 1.82) is 0 Å². The van der Waals surface area contributed by atoms with Crippen LogP contribution in [0.4, 0.5) is 0 Å². The summed E-state index contributed by atoms with van der Waals surface area (Å²) in [5, 5.41) is 8.15. The van der Waals surface area contributed by atoms with E-state index >= 15 is 0 Å². The smallest absolute Gasteiger partial charge is 0.137 e. The minimum Gasteiger partial charge on any atom is -0.137 e. The topological polar surface area (TPSA) is 25.8 Å². The molecule has 0 atom stereocenters. The first-order valence-electron chi connectivity index (χ1n) is 4.42. The highest BCUT2D eigenvalue weighted by molar-refractivity contribution is 6.33. The molecule has 0 fully saturated rings. The van der Waals surface area contributed by atoms with E-state index in [0.717, 1.165) is 16.7 Å². The van der Waals surface area contributed by atoms with E-state index in [1.54, 1.807) is 6.07 Å². The number of nitrogens with zero attached hydrogens (tertiary/aromatic N) is 2. The highest BCUT2D eigenvalue weighted by atomic mass is 35.5. The van der Waals surface area contributed by atoms with Gasteiger partial charge >= 0.3 is 0 Å². The molecule has 0 N–H and O–H groups in total. The fourth-order valence-corrected chi connectivity index (χ4v) is 1.72. The van der Waals surface area contributed by atoms with Crippen molar-refractivity contribution in [3.05, 3.63) is 46.2 Å². The molecular formula is C11H8Cl2N2. The Kier molecular flexibility index (Phi) is 2.89. The summed E-state index contributed by atoms with van der Waals surface area (Å²) in [6.07, 6.45) is 0. The predicted octanol–water partition coefficient (Wildman–Crippen LogP) is 3.76. The minimum absolute atomic E-state index is 0.343. The number of aryl methyl sites for hydroxylation is 1. The molecule has 15 heavy (non-hydrogen) atoms. The van der Waals surface area contributed by atoms with Crippen LogP contribution in [0.1, 0.15) is 5.56 Å². The number of hydrogen-bond donors (Lipinski definition) is 0. The van der Waals surface area contributed by atoms with Crippen molar-refractivity contribution in [2.24, 2.45) is 0 Å². The molecular weight excluding hydrogens is 231 g/mol. The summed E-state index contributed by atoms with van der Waals surface area (Å²) in [5.74, 6) is 0. The van der Waals surface area contributed by atoms with Crippen LogP contribution in [0.15, 0.2) is 30.3 Å². The van der Waals surface area contributed by atoms with Crippen LogP contribution in [-0.2, 0) is 0 Å². The molecule has 0 saturated carbocycles. The van der Waals surface area contributed by atoms with Gasteiger partial charge in [0.05, 0.1) is 0 Å². The molecule has 4 heteroatoms. The average molecular weight is 239 g/mol. The molecule has 0 radical (unpaired) electrons. The lowest BCUT2D eigenvalue weighted by atomic mass is 10.1. The fraction of sp³-hybridized carbons (Fsp3) is 0.0909. The number of hydrogen-bond acceptors (Lipinski definition) is 2. The number of halogens is 2. The zero-order chi connectivity index (χ0) is 10.8. The molecule has 1 heterocycles. The molecule has 0 aliphatic heterocycles. The van der Waals surface area contributed by atoms with Crippen LogP contribution in [0.25, 0.3) is 11.1 Å². The van der Waals surface area contributed by atoms with Gasteiger partial charge in [-0.2, -0.15) is 0 Å². The Hall–Kier alpha value is -1.12. The molecule has 2 rings (SSSR count). The van der Waals surface area contributed by atoms with Crippen LogP contribution in [0, 0.1) is 6.92 Å². The molecule has 0 saturated heterocycles. The van der Waals surface area contributed by atoms with Crippen LogP contribution >= 0.6 is 23.2 Å². The van der Waals surface area contributed by atoms with Gasteiger partial charge in [-0.25, -0.2) is 0 Å². The number of aromatic nitrogens is 2. The summed E-state index contributed by atoms with van der Waals surface area (Å²) >= 11 is 11.7.